The zero-order chi connectivity index (χ0) is 12.2. The van der Waals surface area contributed by atoms with E-state index in [1.54, 1.807) is 0 Å². The molecule has 1 aliphatic heterocycles. The molecule has 4 heteroatoms. The summed E-state index contributed by atoms with van der Waals surface area (Å²) in [7, 11) is -2.00. The van der Waals surface area contributed by atoms with Gasteiger partial charge in [-0.1, -0.05) is 13.8 Å². The van der Waals surface area contributed by atoms with Crippen molar-refractivity contribution in [2.45, 2.75) is 44.8 Å². The summed E-state index contributed by atoms with van der Waals surface area (Å²) in [5.41, 5.74) is 0. The Morgan fingerprint density at radius 2 is 1.81 bits per heavy atom. The summed E-state index contributed by atoms with van der Waals surface area (Å²) in [5, 5.41) is 3.51. The largest absolute Gasteiger partial charge is 0.432 e. The minimum Gasteiger partial charge on any atom is -0.432 e. The first-order valence-electron chi connectivity index (χ1n) is 6.48. The lowest BCUT2D eigenvalue weighted by Crippen LogP contribution is -2.44. The van der Waals surface area contributed by atoms with Crippen LogP contribution in [0.1, 0.15) is 26.7 Å². The van der Waals surface area contributed by atoms with E-state index in [9.17, 15) is 4.80 Å². The number of hydrogen-bond donors (Lipinski definition) is 2. The molecule has 0 radical (unpaired) electrons. The second-order valence-electron chi connectivity index (χ2n) is 6.14. The fourth-order valence-corrected chi connectivity index (χ4v) is 2.77. The molecule has 0 atom stereocenters. The van der Waals surface area contributed by atoms with Crippen LogP contribution in [0.4, 0.5) is 0 Å². The number of nitrogens with zero attached hydrogens (tertiary/aromatic N) is 1. The zero-order valence-electron chi connectivity index (χ0n) is 11.3. The Labute approximate surface area is 101 Å². The van der Waals surface area contributed by atoms with Crippen LogP contribution in [0.25, 0.3) is 0 Å². The van der Waals surface area contributed by atoms with Gasteiger partial charge in [-0.2, -0.15) is 0 Å². The average molecular weight is 244 g/mol. The molecule has 0 aliphatic carbocycles. The van der Waals surface area contributed by atoms with Gasteiger partial charge >= 0.3 is 0 Å². The van der Waals surface area contributed by atoms with E-state index in [1.807, 2.05) is 0 Å². The number of nitrogens with one attached hydrogen (secondary N) is 1. The van der Waals surface area contributed by atoms with Crippen LogP contribution in [-0.2, 0) is 0 Å². The fraction of sp³-hybridized carbons (Fsp3) is 1.00. The van der Waals surface area contributed by atoms with Crippen LogP contribution >= 0.6 is 0 Å². The maximum atomic E-state index is 10.2. The second-order valence-corrected chi connectivity index (χ2v) is 10.6. The normalized spacial score (nSPS) is 20.1. The van der Waals surface area contributed by atoms with Crippen molar-refractivity contribution in [2.24, 2.45) is 0 Å². The minimum absolute atomic E-state index is 0.140. The van der Waals surface area contributed by atoms with Crippen LogP contribution in [0.5, 0.6) is 0 Å². The molecule has 1 rings (SSSR count). The zero-order valence-corrected chi connectivity index (χ0v) is 12.3. The van der Waals surface area contributed by atoms with Crippen molar-refractivity contribution >= 4 is 8.32 Å². The van der Waals surface area contributed by atoms with Crippen molar-refractivity contribution in [3.8, 4) is 0 Å². The van der Waals surface area contributed by atoms with Gasteiger partial charge in [0.1, 0.15) is 0 Å². The molecule has 0 spiro atoms. The second kappa shape index (κ2) is 5.62. The topological polar surface area (TPSA) is 35.5 Å². The standard InChI is InChI=1S/C12H28N2OSi/c1-12(2,16(3,4)15)6-5-9-14-10-7-13-8-11-14/h13,15H,5-11H2,1-4H3. The Balaban J connectivity index is 2.23. The molecular weight excluding hydrogens is 216 g/mol. The van der Waals surface area contributed by atoms with Gasteiger partial charge in [-0.3, -0.25) is 0 Å². The first kappa shape index (κ1) is 14.2. The first-order chi connectivity index (χ1) is 7.33. The van der Waals surface area contributed by atoms with Crippen LogP contribution in [0.3, 0.4) is 0 Å². The Kier molecular flexibility index (Phi) is 4.98. The van der Waals surface area contributed by atoms with E-state index in [4.69, 9.17) is 0 Å². The van der Waals surface area contributed by atoms with Gasteiger partial charge in [-0.05, 0) is 37.5 Å². The molecule has 0 aromatic rings. The van der Waals surface area contributed by atoms with Crippen molar-refractivity contribution in [1.29, 1.82) is 0 Å². The van der Waals surface area contributed by atoms with Crippen molar-refractivity contribution < 1.29 is 4.80 Å². The first-order valence-corrected chi connectivity index (χ1v) is 9.43. The third-order valence-corrected chi connectivity index (χ3v) is 7.70. The van der Waals surface area contributed by atoms with E-state index in [0.29, 0.717) is 0 Å². The molecule has 3 nitrogen and oxygen atoms in total. The van der Waals surface area contributed by atoms with Crippen LogP contribution in [0.15, 0.2) is 0 Å². The number of piperazine rings is 1. The van der Waals surface area contributed by atoms with Crippen molar-refractivity contribution in [2.75, 3.05) is 32.7 Å². The van der Waals surface area contributed by atoms with Crippen molar-refractivity contribution in [3.63, 3.8) is 0 Å². The Hall–Kier alpha value is 0.0969. The van der Waals surface area contributed by atoms with Crippen LogP contribution < -0.4 is 5.32 Å². The summed E-state index contributed by atoms with van der Waals surface area (Å²) in [6.07, 6.45) is 2.36. The van der Waals surface area contributed by atoms with Crippen LogP contribution in [0.2, 0.25) is 18.1 Å². The molecule has 0 aromatic heterocycles. The van der Waals surface area contributed by atoms with E-state index in [-0.39, 0.29) is 5.04 Å². The molecule has 1 fully saturated rings. The van der Waals surface area contributed by atoms with Gasteiger partial charge < -0.3 is 15.0 Å². The monoisotopic (exact) mass is 244 g/mol. The van der Waals surface area contributed by atoms with Gasteiger partial charge in [-0.25, -0.2) is 0 Å². The SMILES string of the molecule is CC(C)(CCCN1CCNCC1)[Si](C)(C)O. The lowest BCUT2D eigenvalue weighted by Gasteiger charge is -2.36. The van der Waals surface area contributed by atoms with Crippen molar-refractivity contribution in [3.05, 3.63) is 0 Å². The predicted octanol–water partition coefficient (Wildman–Crippen LogP) is 1.65. The summed E-state index contributed by atoms with van der Waals surface area (Å²) in [5.74, 6) is 0. The van der Waals surface area contributed by atoms with E-state index >= 15 is 0 Å². The van der Waals surface area contributed by atoms with E-state index in [1.165, 1.54) is 26.1 Å². The molecule has 0 unspecified atom stereocenters. The quantitative estimate of drug-likeness (QED) is 0.722. The molecule has 0 saturated carbocycles. The minimum atomic E-state index is -2.00. The van der Waals surface area contributed by atoms with E-state index < -0.39 is 8.32 Å². The molecule has 16 heavy (non-hydrogen) atoms. The maximum absolute atomic E-state index is 10.2. The van der Waals surface area contributed by atoms with E-state index in [2.05, 4.69) is 37.2 Å². The van der Waals surface area contributed by atoms with Crippen molar-refractivity contribution in [1.82, 2.24) is 10.2 Å². The van der Waals surface area contributed by atoms with Gasteiger partial charge in [0.2, 0.25) is 0 Å². The highest BCUT2D eigenvalue weighted by Gasteiger charge is 2.37. The Bertz CT molecular complexity index is 208. The Morgan fingerprint density at radius 1 is 1.25 bits per heavy atom. The molecule has 0 aromatic carbocycles. The maximum Gasteiger partial charge on any atom is 0.188 e. The number of hydrogen-bond acceptors (Lipinski definition) is 3. The van der Waals surface area contributed by atoms with Crippen LogP contribution in [0, 0.1) is 0 Å². The lowest BCUT2D eigenvalue weighted by atomic mass is 10.1. The van der Waals surface area contributed by atoms with Gasteiger partial charge in [0.15, 0.2) is 8.32 Å². The molecular formula is C12H28N2OSi. The summed E-state index contributed by atoms with van der Waals surface area (Å²) in [6, 6.07) is 0. The number of rotatable bonds is 5. The molecule has 1 aliphatic rings. The smallest absolute Gasteiger partial charge is 0.188 e. The van der Waals surface area contributed by atoms with Crippen LogP contribution in [-0.4, -0.2) is 50.7 Å². The summed E-state index contributed by atoms with van der Waals surface area (Å²) >= 11 is 0. The van der Waals surface area contributed by atoms with E-state index in [0.717, 1.165) is 19.5 Å². The summed E-state index contributed by atoms with van der Waals surface area (Å²) < 4.78 is 0. The highest BCUT2D eigenvalue weighted by atomic mass is 28.4. The van der Waals surface area contributed by atoms with Gasteiger partial charge in [0.25, 0.3) is 0 Å². The van der Waals surface area contributed by atoms with Gasteiger partial charge in [0, 0.05) is 26.2 Å². The Morgan fingerprint density at radius 3 is 2.31 bits per heavy atom. The molecule has 1 heterocycles. The molecule has 96 valence electrons. The molecule has 2 N–H and O–H groups in total. The highest BCUT2D eigenvalue weighted by molar-refractivity contribution is 6.72. The third kappa shape index (κ3) is 4.16. The lowest BCUT2D eigenvalue weighted by molar-refractivity contribution is 0.232. The molecule has 0 bridgehead atoms. The average Bonchev–Trinajstić information content (AvgIpc) is 2.17. The molecule has 0 amide bonds. The summed E-state index contributed by atoms with van der Waals surface area (Å²) in [4.78, 5) is 12.7. The molecule has 1 saturated heterocycles. The highest BCUT2D eigenvalue weighted by Crippen LogP contribution is 2.39. The fourth-order valence-electron chi connectivity index (χ4n) is 1.99. The predicted molar refractivity (Wildman–Crippen MR) is 72.3 cm³/mol. The third-order valence-electron chi connectivity index (χ3n) is 4.14. The summed E-state index contributed by atoms with van der Waals surface area (Å²) in [6.45, 7) is 14.4. The van der Waals surface area contributed by atoms with Gasteiger partial charge in [0.05, 0.1) is 0 Å². The van der Waals surface area contributed by atoms with Gasteiger partial charge in [-0.15, -0.1) is 0 Å².